The standard InChI is InChI=1S/C13H26N2O2/c1-4-6-8-14-13-15(9-7-5-2)10-12(17-13)11-16-3/h12H,4-11H2,1-3H3. The first-order valence-corrected chi connectivity index (χ1v) is 6.76. The molecule has 1 aliphatic heterocycles. The third-order valence-corrected chi connectivity index (χ3v) is 2.86. The van der Waals surface area contributed by atoms with Crippen molar-refractivity contribution in [2.75, 3.05) is 33.4 Å². The monoisotopic (exact) mass is 242 g/mol. The Morgan fingerprint density at radius 2 is 2.12 bits per heavy atom. The van der Waals surface area contributed by atoms with Crippen LogP contribution in [0.2, 0.25) is 0 Å². The average molecular weight is 242 g/mol. The molecule has 0 amide bonds. The lowest BCUT2D eigenvalue weighted by Gasteiger charge is -2.14. The van der Waals surface area contributed by atoms with Gasteiger partial charge in [0.25, 0.3) is 6.02 Å². The molecule has 1 fully saturated rings. The number of nitrogens with zero attached hydrogens (tertiary/aromatic N) is 2. The van der Waals surface area contributed by atoms with Crippen LogP contribution in [-0.4, -0.2) is 50.4 Å². The van der Waals surface area contributed by atoms with Crippen molar-refractivity contribution in [2.24, 2.45) is 4.99 Å². The van der Waals surface area contributed by atoms with Gasteiger partial charge in [-0.1, -0.05) is 26.7 Å². The molecule has 0 radical (unpaired) electrons. The fourth-order valence-electron chi connectivity index (χ4n) is 1.86. The Kier molecular flexibility index (Phi) is 7.01. The zero-order valence-corrected chi connectivity index (χ0v) is 11.4. The number of ether oxygens (including phenoxy) is 2. The van der Waals surface area contributed by atoms with Crippen molar-refractivity contribution in [2.45, 2.75) is 45.6 Å². The van der Waals surface area contributed by atoms with Crippen molar-refractivity contribution in [3.05, 3.63) is 0 Å². The molecule has 1 unspecified atom stereocenters. The van der Waals surface area contributed by atoms with Crippen molar-refractivity contribution in [1.82, 2.24) is 4.90 Å². The van der Waals surface area contributed by atoms with Gasteiger partial charge in [-0.25, -0.2) is 4.99 Å². The molecule has 0 aliphatic carbocycles. The van der Waals surface area contributed by atoms with Crippen molar-refractivity contribution >= 4 is 6.02 Å². The van der Waals surface area contributed by atoms with Gasteiger partial charge in [-0.15, -0.1) is 0 Å². The average Bonchev–Trinajstić information content (AvgIpc) is 2.70. The molecule has 1 saturated heterocycles. The molecule has 0 bridgehead atoms. The molecular weight excluding hydrogens is 216 g/mol. The number of amidine groups is 1. The minimum Gasteiger partial charge on any atom is -0.457 e. The molecule has 17 heavy (non-hydrogen) atoms. The van der Waals surface area contributed by atoms with Crippen molar-refractivity contribution in [3.63, 3.8) is 0 Å². The summed E-state index contributed by atoms with van der Waals surface area (Å²) in [6, 6.07) is 0.828. The first-order valence-electron chi connectivity index (χ1n) is 6.76. The van der Waals surface area contributed by atoms with E-state index in [1.807, 2.05) is 0 Å². The second-order valence-corrected chi connectivity index (χ2v) is 4.51. The summed E-state index contributed by atoms with van der Waals surface area (Å²) >= 11 is 0. The van der Waals surface area contributed by atoms with Crippen LogP contribution in [0.5, 0.6) is 0 Å². The molecule has 0 N–H and O–H groups in total. The lowest BCUT2D eigenvalue weighted by Crippen LogP contribution is -2.28. The van der Waals surface area contributed by atoms with Crippen LogP contribution in [0.3, 0.4) is 0 Å². The van der Waals surface area contributed by atoms with Crippen LogP contribution in [-0.2, 0) is 9.47 Å². The first-order chi connectivity index (χ1) is 8.31. The van der Waals surface area contributed by atoms with Crippen LogP contribution in [0, 0.1) is 0 Å². The smallest absolute Gasteiger partial charge is 0.287 e. The summed E-state index contributed by atoms with van der Waals surface area (Å²) in [7, 11) is 1.71. The molecule has 1 rings (SSSR count). The minimum atomic E-state index is 0.150. The number of rotatable bonds is 8. The molecule has 1 aliphatic rings. The summed E-state index contributed by atoms with van der Waals surface area (Å²) < 4.78 is 11.0. The molecule has 0 spiro atoms. The van der Waals surface area contributed by atoms with E-state index in [0.717, 1.165) is 32.1 Å². The van der Waals surface area contributed by atoms with E-state index >= 15 is 0 Å². The Morgan fingerprint density at radius 1 is 1.35 bits per heavy atom. The van der Waals surface area contributed by atoms with E-state index in [9.17, 15) is 0 Å². The first kappa shape index (κ1) is 14.3. The molecular formula is C13H26N2O2. The highest BCUT2D eigenvalue weighted by atomic mass is 16.6. The van der Waals surface area contributed by atoms with Crippen molar-refractivity contribution < 1.29 is 9.47 Å². The zero-order chi connectivity index (χ0) is 12.5. The quantitative estimate of drug-likeness (QED) is 0.612. The van der Waals surface area contributed by atoms with Crippen molar-refractivity contribution in [3.8, 4) is 0 Å². The Labute approximate surface area is 105 Å². The zero-order valence-electron chi connectivity index (χ0n) is 11.4. The highest BCUT2D eigenvalue weighted by molar-refractivity contribution is 5.75. The second kappa shape index (κ2) is 8.34. The number of methoxy groups -OCH3 is 1. The number of hydrogen-bond acceptors (Lipinski definition) is 3. The van der Waals surface area contributed by atoms with E-state index in [-0.39, 0.29) is 6.10 Å². The summed E-state index contributed by atoms with van der Waals surface area (Å²) in [5.41, 5.74) is 0. The fraction of sp³-hybridized carbons (Fsp3) is 0.923. The molecule has 1 atom stereocenters. The highest BCUT2D eigenvalue weighted by Crippen LogP contribution is 2.13. The number of aliphatic imine (C=N–C) groups is 1. The predicted molar refractivity (Wildman–Crippen MR) is 70.4 cm³/mol. The predicted octanol–water partition coefficient (Wildman–Crippen LogP) is 2.29. The molecule has 0 saturated carbocycles. The summed E-state index contributed by atoms with van der Waals surface area (Å²) in [4.78, 5) is 6.80. The van der Waals surface area contributed by atoms with Crippen LogP contribution in [0.25, 0.3) is 0 Å². The van der Waals surface area contributed by atoms with Gasteiger partial charge >= 0.3 is 0 Å². The van der Waals surface area contributed by atoms with Gasteiger partial charge < -0.3 is 14.4 Å². The second-order valence-electron chi connectivity index (χ2n) is 4.51. The molecule has 100 valence electrons. The minimum absolute atomic E-state index is 0.150. The maximum absolute atomic E-state index is 5.81. The SMILES string of the molecule is CCCCN=C1OC(COC)CN1CCCC. The van der Waals surface area contributed by atoms with Gasteiger partial charge in [-0.2, -0.15) is 0 Å². The maximum atomic E-state index is 5.81. The third-order valence-electron chi connectivity index (χ3n) is 2.86. The Hall–Kier alpha value is -0.770. The van der Waals surface area contributed by atoms with Gasteiger partial charge in [0, 0.05) is 20.2 Å². The van der Waals surface area contributed by atoms with E-state index in [0.29, 0.717) is 6.61 Å². The molecule has 0 aromatic rings. The van der Waals surface area contributed by atoms with Crippen LogP contribution >= 0.6 is 0 Å². The normalized spacial score (nSPS) is 22.2. The highest BCUT2D eigenvalue weighted by Gasteiger charge is 2.28. The van der Waals surface area contributed by atoms with E-state index in [2.05, 4.69) is 23.7 Å². The lowest BCUT2D eigenvalue weighted by molar-refractivity contribution is 0.0929. The van der Waals surface area contributed by atoms with Gasteiger partial charge in [0.2, 0.25) is 0 Å². The summed E-state index contributed by atoms with van der Waals surface area (Å²) in [6.07, 6.45) is 4.84. The Balaban J connectivity index is 2.47. The maximum Gasteiger partial charge on any atom is 0.287 e. The third kappa shape index (κ3) is 4.94. The summed E-state index contributed by atoms with van der Waals surface area (Å²) in [5, 5.41) is 0. The van der Waals surface area contributed by atoms with Gasteiger partial charge in [0.1, 0.15) is 6.10 Å². The molecule has 4 nitrogen and oxygen atoms in total. The topological polar surface area (TPSA) is 34.1 Å². The van der Waals surface area contributed by atoms with Gasteiger partial charge in [-0.05, 0) is 12.8 Å². The molecule has 1 heterocycles. The fourth-order valence-corrected chi connectivity index (χ4v) is 1.86. The number of hydrogen-bond donors (Lipinski definition) is 0. The van der Waals surface area contributed by atoms with Crippen LogP contribution in [0.1, 0.15) is 39.5 Å². The molecule has 0 aromatic heterocycles. The molecule has 0 aromatic carbocycles. The summed E-state index contributed by atoms with van der Waals surface area (Å²) in [5.74, 6) is 0. The Morgan fingerprint density at radius 3 is 2.76 bits per heavy atom. The van der Waals surface area contributed by atoms with E-state index in [4.69, 9.17) is 9.47 Å². The van der Waals surface area contributed by atoms with Gasteiger partial charge in [-0.3, -0.25) is 0 Å². The van der Waals surface area contributed by atoms with Gasteiger partial charge in [0.05, 0.1) is 13.2 Å². The number of unbranched alkanes of at least 4 members (excludes halogenated alkanes) is 2. The lowest BCUT2D eigenvalue weighted by atomic mass is 10.3. The van der Waals surface area contributed by atoms with Crippen LogP contribution in [0.4, 0.5) is 0 Å². The van der Waals surface area contributed by atoms with E-state index in [1.165, 1.54) is 19.3 Å². The largest absolute Gasteiger partial charge is 0.457 e. The van der Waals surface area contributed by atoms with E-state index < -0.39 is 0 Å². The van der Waals surface area contributed by atoms with E-state index in [1.54, 1.807) is 7.11 Å². The molecule has 4 heteroatoms. The Bertz CT molecular complexity index is 231. The summed E-state index contributed by atoms with van der Waals surface area (Å²) in [6.45, 7) is 7.86. The van der Waals surface area contributed by atoms with Crippen LogP contribution < -0.4 is 0 Å². The van der Waals surface area contributed by atoms with Gasteiger partial charge in [0.15, 0.2) is 0 Å². The van der Waals surface area contributed by atoms with Crippen LogP contribution in [0.15, 0.2) is 4.99 Å². The van der Waals surface area contributed by atoms with Crippen molar-refractivity contribution in [1.29, 1.82) is 0 Å².